The summed E-state index contributed by atoms with van der Waals surface area (Å²) in [5.41, 5.74) is 1.28. The summed E-state index contributed by atoms with van der Waals surface area (Å²) in [6.45, 7) is 6.51. The molecular formula is C11H21N3. The minimum absolute atomic E-state index is 0.778. The first-order valence-electron chi connectivity index (χ1n) is 5.45. The topological polar surface area (TPSA) is 29.9 Å². The van der Waals surface area contributed by atoms with E-state index in [1.54, 1.807) is 0 Å². The lowest BCUT2D eigenvalue weighted by atomic mass is 10.0. The molecule has 0 atom stereocenters. The molecule has 1 heterocycles. The molecule has 1 N–H and O–H groups in total. The summed E-state index contributed by atoms with van der Waals surface area (Å²) in [6, 6.07) is 0. The van der Waals surface area contributed by atoms with Gasteiger partial charge in [-0.15, -0.1) is 0 Å². The van der Waals surface area contributed by atoms with Crippen molar-refractivity contribution < 1.29 is 0 Å². The predicted molar refractivity (Wildman–Crippen MR) is 59.1 cm³/mol. The van der Waals surface area contributed by atoms with E-state index in [4.69, 9.17) is 0 Å². The van der Waals surface area contributed by atoms with Crippen molar-refractivity contribution in [1.82, 2.24) is 14.9 Å². The van der Waals surface area contributed by atoms with Crippen LogP contribution in [-0.4, -0.2) is 16.6 Å². The van der Waals surface area contributed by atoms with E-state index in [-0.39, 0.29) is 0 Å². The van der Waals surface area contributed by atoms with Gasteiger partial charge in [-0.2, -0.15) is 0 Å². The summed E-state index contributed by atoms with van der Waals surface area (Å²) in [5, 5.41) is 3.16. The predicted octanol–water partition coefficient (Wildman–Crippen LogP) is 2.04. The Hall–Kier alpha value is -0.830. The molecule has 0 fully saturated rings. The van der Waals surface area contributed by atoms with Crippen molar-refractivity contribution in [3.05, 3.63) is 18.2 Å². The highest BCUT2D eigenvalue weighted by Crippen LogP contribution is 2.12. The van der Waals surface area contributed by atoms with Crippen LogP contribution in [0.4, 0.5) is 0 Å². The van der Waals surface area contributed by atoms with Gasteiger partial charge in [0.25, 0.3) is 0 Å². The van der Waals surface area contributed by atoms with Crippen LogP contribution < -0.4 is 5.32 Å². The maximum absolute atomic E-state index is 4.19. The minimum Gasteiger partial charge on any atom is -0.333 e. The smallest absolute Gasteiger partial charge is 0.0948 e. The second-order valence-electron chi connectivity index (χ2n) is 3.75. The summed E-state index contributed by atoms with van der Waals surface area (Å²) in [4.78, 5) is 4.19. The highest BCUT2D eigenvalue weighted by atomic mass is 15.1. The van der Waals surface area contributed by atoms with E-state index in [0.29, 0.717) is 0 Å². The highest BCUT2D eigenvalue weighted by molar-refractivity contribution is 4.97. The number of rotatable bonds is 6. The van der Waals surface area contributed by atoms with E-state index in [2.05, 4.69) is 28.7 Å². The zero-order chi connectivity index (χ0) is 10.4. The third-order valence-corrected chi connectivity index (χ3v) is 2.77. The maximum atomic E-state index is 4.19. The van der Waals surface area contributed by atoms with Crippen LogP contribution in [0.15, 0.2) is 12.5 Å². The van der Waals surface area contributed by atoms with Gasteiger partial charge in [-0.25, -0.2) is 4.98 Å². The zero-order valence-corrected chi connectivity index (χ0v) is 9.45. The molecule has 1 rings (SSSR count). The van der Waals surface area contributed by atoms with E-state index < -0.39 is 0 Å². The van der Waals surface area contributed by atoms with Gasteiger partial charge in [0.05, 0.1) is 12.0 Å². The highest BCUT2D eigenvalue weighted by Gasteiger charge is 2.07. The van der Waals surface area contributed by atoms with Gasteiger partial charge in [-0.05, 0) is 13.0 Å². The van der Waals surface area contributed by atoms with Crippen molar-refractivity contribution in [2.75, 3.05) is 7.05 Å². The Morgan fingerprint density at radius 1 is 1.43 bits per heavy atom. The SMILES string of the molecule is CCC(CC)Cn1cncc1CNC. The fraction of sp³-hybridized carbons (Fsp3) is 0.727. The zero-order valence-electron chi connectivity index (χ0n) is 9.45. The standard InChI is InChI=1S/C11H21N3/c1-4-10(5-2)8-14-9-13-7-11(14)6-12-3/h7,9-10,12H,4-6,8H2,1-3H3. The Labute approximate surface area is 86.5 Å². The van der Waals surface area contributed by atoms with Crippen LogP contribution >= 0.6 is 0 Å². The molecule has 0 radical (unpaired) electrons. The summed E-state index contributed by atoms with van der Waals surface area (Å²) in [5.74, 6) is 0.778. The van der Waals surface area contributed by atoms with Gasteiger partial charge in [0, 0.05) is 19.3 Å². The van der Waals surface area contributed by atoms with Crippen LogP contribution in [0.5, 0.6) is 0 Å². The van der Waals surface area contributed by atoms with Gasteiger partial charge in [-0.3, -0.25) is 0 Å². The van der Waals surface area contributed by atoms with Crippen molar-refractivity contribution in [3.63, 3.8) is 0 Å². The second-order valence-corrected chi connectivity index (χ2v) is 3.75. The molecule has 0 aliphatic heterocycles. The molecule has 1 aromatic heterocycles. The van der Waals surface area contributed by atoms with Gasteiger partial charge in [-0.1, -0.05) is 26.7 Å². The van der Waals surface area contributed by atoms with Crippen molar-refractivity contribution in [1.29, 1.82) is 0 Å². The number of imidazole rings is 1. The monoisotopic (exact) mass is 195 g/mol. The van der Waals surface area contributed by atoms with Crippen molar-refractivity contribution in [2.24, 2.45) is 5.92 Å². The van der Waals surface area contributed by atoms with Crippen LogP contribution in [-0.2, 0) is 13.1 Å². The lowest BCUT2D eigenvalue weighted by Crippen LogP contribution is -2.14. The van der Waals surface area contributed by atoms with Gasteiger partial charge in [0.1, 0.15) is 0 Å². The molecular weight excluding hydrogens is 174 g/mol. The Balaban J connectivity index is 2.60. The summed E-state index contributed by atoms with van der Waals surface area (Å²) >= 11 is 0. The van der Waals surface area contributed by atoms with Crippen molar-refractivity contribution in [3.8, 4) is 0 Å². The average molecular weight is 195 g/mol. The fourth-order valence-electron chi connectivity index (χ4n) is 1.67. The van der Waals surface area contributed by atoms with Crippen LogP contribution in [0.1, 0.15) is 32.4 Å². The first-order chi connectivity index (χ1) is 6.81. The normalized spacial score (nSPS) is 11.1. The molecule has 0 bridgehead atoms. The minimum atomic E-state index is 0.778. The van der Waals surface area contributed by atoms with Crippen LogP contribution in [0.25, 0.3) is 0 Å². The average Bonchev–Trinajstić information content (AvgIpc) is 2.62. The molecule has 80 valence electrons. The number of aromatic nitrogens is 2. The van der Waals surface area contributed by atoms with Crippen LogP contribution in [0.2, 0.25) is 0 Å². The van der Waals surface area contributed by atoms with Crippen LogP contribution in [0.3, 0.4) is 0 Å². The Bertz CT molecular complexity index is 251. The lowest BCUT2D eigenvalue weighted by Gasteiger charge is -2.15. The Kier molecular flexibility index (Phi) is 4.66. The molecule has 0 unspecified atom stereocenters. The van der Waals surface area contributed by atoms with Crippen molar-refractivity contribution in [2.45, 2.75) is 39.8 Å². The van der Waals surface area contributed by atoms with E-state index >= 15 is 0 Å². The van der Waals surface area contributed by atoms with Crippen molar-refractivity contribution >= 4 is 0 Å². The van der Waals surface area contributed by atoms with E-state index in [1.165, 1.54) is 18.5 Å². The molecule has 0 spiro atoms. The number of nitrogens with zero attached hydrogens (tertiary/aromatic N) is 2. The third-order valence-electron chi connectivity index (χ3n) is 2.77. The lowest BCUT2D eigenvalue weighted by molar-refractivity contribution is 0.410. The molecule has 1 aromatic rings. The summed E-state index contributed by atoms with van der Waals surface area (Å²) in [6.07, 6.45) is 6.37. The van der Waals surface area contributed by atoms with Gasteiger partial charge >= 0.3 is 0 Å². The van der Waals surface area contributed by atoms with E-state index in [0.717, 1.165) is 19.0 Å². The Morgan fingerprint density at radius 2 is 2.14 bits per heavy atom. The molecule has 0 aliphatic rings. The van der Waals surface area contributed by atoms with Gasteiger partial charge < -0.3 is 9.88 Å². The molecule has 0 saturated heterocycles. The number of nitrogens with one attached hydrogen (secondary N) is 1. The molecule has 0 saturated carbocycles. The summed E-state index contributed by atoms with van der Waals surface area (Å²) < 4.78 is 2.26. The molecule has 3 nitrogen and oxygen atoms in total. The fourth-order valence-corrected chi connectivity index (χ4v) is 1.67. The third kappa shape index (κ3) is 2.84. The first-order valence-corrected chi connectivity index (χ1v) is 5.45. The molecule has 0 amide bonds. The second kappa shape index (κ2) is 5.81. The molecule has 3 heteroatoms. The number of hydrogen-bond donors (Lipinski definition) is 1. The van der Waals surface area contributed by atoms with Gasteiger partial charge in [0.2, 0.25) is 0 Å². The largest absolute Gasteiger partial charge is 0.333 e. The van der Waals surface area contributed by atoms with Crippen LogP contribution in [0, 0.1) is 5.92 Å². The Morgan fingerprint density at radius 3 is 2.71 bits per heavy atom. The number of hydrogen-bond acceptors (Lipinski definition) is 2. The quantitative estimate of drug-likeness (QED) is 0.752. The summed E-state index contributed by atoms with van der Waals surface area (Å²) in [7, 11) is 1.97. The first kappa shape index (κ1) is 11.2. The molecule has 14 heavy (non-hydrogen) atoms. The van der Waals surface area contributed by atoms with E-state index in [9.17, 15) is 0 Å². The van der Waals surface area contributed by atoms with E-state index in [1.807, 2.05) is 19.6 Å². The molecule has 0 aliphatic carbocycles. The van der Waals surface area contributed by atoms with Gasteiger partial charge in [0.15, 0.2) is 0 Å². The molecule has 0 aromatic carbocycles. The maximum Gasteiger partial charge on any atom is 0.0948 e.